The van der Waals surface area contributed by atoms with Gasteiger partial charge in [0.25, 0.3) is 5.91 Å². The lowest BCUT2D eigenvalue weighted by Crippen LogP contribution is -2.11. The molecule has 0 bridgehead atoms. The van der Waals surface area contributed by atoms with Crippen molar-refractivity contribution in [3.8, 4) is 0 Å². The Morgan fingerprint density at radius 2 is 1.67 bits per heavy atom. The van der Waals surface area contributed by atoms with Gasteiger partial charge < -0.3 is 5.32 Å². The van der Waals surface area contributed by atoms with E-state index < -0.39 is 0 Å². The summed E-state index contributed by atoms with van der Waals surface area (Å²) in [7, 11) is 0. The van der Waals surface area contributed by atoms with Gasteiger partial charge in [0.2, 0.25) is 0 Å². The van der Waals surface area contributed by atoms with E-state index in [-0.39, 0.29) is 5.91 Å². The summed E-state index contributed by atoms with van der Waals surface area (Å²) in [5.74, 6) is -0.138. The van der Waals surface area contributed by atoms with Gasteiger partial charge in [0.15, 0.2) is 0 Å². The van der Waals surface area contributed by atoms with Crippen LogP contribution in [0, 0.1) is 0 Å². The van der Waals surface area contributed by atoms with Crippen LogP contribution in [0.15, 0.2) is 41.5 Å². The summed E-state index contributed by atoms with van der Waals surface area (Å²) in [5.41, 5.74) is 0.712. The average Bonchev–Trinajstić information content (AvgIpc) is 2.69. The second-order valence-corrected chi connectivity index (χ2v) is 7.69. The second-order valence-electron chi connectivity index (χ2n) is 3.30. The maximum Gasteiger partial charge on any atom is 0.266 e. The highest BCUT2D eigenvalue weighted by Gasteiger charge is 2.15. The summed E-state index contributed by atoms with van der Waals surface area (Å²) in [6.45, 7) is 0. The Morgan fingerprint density at radius 3 is 2.17 bits per heavy atom. The Bertz CT molecular complexity index is 588. The molecule has 94 valence electrons. The van der Waals surface area contributed by atoms with E-state index in [0.717, 1.165) is 17.9 Å². The average molecular weight is 519 g/mol. The van der Waals surface area contributed by atoms with E-state index in [1.807, 2.05) is 23.6 Å². The first-order chi connectivity index (χ1) is 8.49. The van der Waals surface area contributed by atoms with Gasteiger partial charge in [-0.3, -0.25) is 4.79 Å². The van der Waals surface area contributed by atoms with Crippen molar-refractivity contribution in [3.63, 3.8) is 0 Å². The van der Waals surface area contributed by atoms with Crippen LogP contribution >= 0.6 is 75.1 Å². The summed E-state index contributed by atoms with van der Waals surface area (Å²) in [5, 5.41) is 4.74. The molecule has 0 atom stereocenters. The molecular formula is C11H5Br4NOS. The third-order valence-corrected chi connectivity index (χ3v) is 5.61. The number of nitrogens with one attached hydrogen (secondary N) is 1. The molecule has 0 fully saturated rings. The van der Waals surface area contributed by atoms with Gasteiger partial charge in [-0.05, 0) is 71.4 Å². The second kappa shape index (κ2) is 6.17. The van der Waals surface area contributed by atoms with Gasteiger partial charge in [0, 0.05) is 17.9 Å². The molecule has 1 amide bonds. The summed E-state index contributed by atoms with van der Waals surface area (Å²) < 4.78 is 3.35. The minimum Gasteiger partial charge on any atom is -0.319 e. The number of anilines is 1. The SMILES string of the molecule is O=C(Nc1c(Br)cc(Br)cc1Br)c1sccc1Br. The predicted octanol–water partition coefficient (Wildman–Crippen LogP) is 6.05. The molecule has 0 aliphatic rings. The first-order valence-corrected chi connectivity index (χ1v) is 8.73. The van der Waals surface area contributed by atoms with Crippen LogP contribution < -0.4 is 5.32 Å². The molecule has 18 heavy (non-hydrogen) atoms. The van der Waals surface area contributed by atoms with Crippen LogP contribution in [0.5, 0.6) is 0 Å². The Balaban J connectivity index is 2.31. The number of carbonyl (C=O) groups excluding carboxylic acids is 1. The third kappa shape index (κ3) is 3.25. The number of hydrogen-bond donors (Lipinski definition) is 1. The van der Waals surface area contributed by atoms with Crippen LogP contribution in [0.4, 0.5) is 5.69 Å². The summed E-state index contributed by atoms with van der Waals surface area (Å²) in [4.78, 5) is 12.8. The number of benzene rings is 1. The zero-order chi connectivity index (χ0) is 13.3. The monoisotopic (exact) mass is 515 g/mol. The fraction of sp³-hybridized carbons (Fsp3) is 0. The fourth-order valence-corrected chi connectivity index (χ4v) is 5.19. The van der Waals surface area contributed by atoms with Crippen LogP contribution in [0.25, 0.3) is 0 Å². The molecule has 0 saturated carbocycles. The number of thiophene rings is 1. The van der Waals surface area contributed by atoms with Gasteiger partial charge in [-0.2, -0.15) is 0 Å². The molecule has 1 aromatic carbocycles. The quantitative estimate of drug-likeness (QED) is 0.515. The molecule has 0 spiro atoms. The van der Waals surface area contributed by atoms with E-state index >= 15 is 0 Å². The van der Waals surface area contributed by atoms with E-state index in [2.05, 4.69) is 69.0 Å². The van der Waals surface area contributed by atoms with Crippen molar-refractivity contribution in [2.75, 3.05) is 5.32 Å². The van der Waals surface area contributed by atoms with Crippen molar-refractivity contribution in [3.05, 3.63) is 46.3 Å². The summed E-state index contributed by atoms with van der Waals surface area (Å²) in [6.07, 6.45) is 0. The maximum absolute atomic E-state index is 12.1. The van der Waals surface area contributed by atoms with Gasteiger partial charge in [0.1, 0.15) is 4.88 Å². The number of carbonyl (C=O) groups is 1. The fourth-order valence-electron chi connectivity index (χ4n) is 1.29. The standard InChI is InChI=1S/C11H5Br4NOS/c12-5-3-7(14)9(8(15)4-5)16-11(17)10-6(13)1-2-18-10/h1-4H,(H,16,17). The van der Waals surface area contributed by atoms with Crippen molar-refractivity contribution < 1.29 is 4.79 Å². The number of rotatable bonds is 2. The number of halogens is 4. The Hall–Kier alpha value is 0.310. The van der Waals surface area contributed by atoms with E-state index in [4.69, 9.17) is 0 Å². The molecule has 0 unspecified atom stereocenters. The van der Waals surface area contributed by atoms with E-state index in [9.17, 15) is 4.79 Å². The highest BCUT2D eigenvalue weighted by atomic mass is 79.9. The highest BCUT2D eigenvalue weighted by molar-refractivity contribution is 9.11. The molecule has 2 aromatic rings. The van der Waals surface area contributed by atoms with Crippen LogP contribution in [-0.4, -0.2) is 5.91 Å². The van der Waals surface area contributed by atoms with Crippen molar-refractivity contribution in [1.29, 1.82) is 0 Å². The molecule has 1 aromatic heterocycles. The van der Waals surface area contributed by atoms with E-state index in [1.165, 1.54) is 11.3 Å². The molecule has 2 rings (SSSR count). The Labute approximate surface area is 142 Å². The lowest BCUT2D eigenvalue weighted by atomic mass is 10.3. The molecule has 7 heteroatoms. The maximum atomic E-state index is 12.1. The van der Waals surface area contributed by atoms with Crippen LogP contribution in [0.2, 0.25) is 0 Å². The molecule has 1 N–H and O–H groups in total. The van der Waals surface area contributed by atoms with Gasteiger partial charge in [-0.15, -0.1) is 11.3 Å². The van der Waals surface area contributed by atoms with E-state index in [0.29, 0.717) is 10.6 Å². The molecule has 0 aliphatic heterocycles. The largest absolute Gasteiger partial charge is 0.319 e. The van der Waals surface area contributed by atoms with Gasteiger partial charge in [-0.1, -0.05) is 15.9 Å². The van der Waals surface area contributed by atoms with Crippen LogP contribution in [0.1, 0.15) is 9.67 Å². The molecule has 1 heterocycles. The van der Waals surface area contributed by atoms with Crippen molar-refractivity contribution in [2.45, 2.75) is 0 Å². The topological polar surface area (TPSA) is 29.1 Å². The molecule has 0 saturated heterocycles. The highest BCUT2D eigenvalue weighted by Crippen LogP contribution is 2.35. The van der Waals surface area contributed by atoms with E-state index in [1.54, 1.807) is 0 Å². The zero-order valence-electron chi connectivity index (χ0n) is 8.64. The lowest BCUT2D eigenvalue weighted by molar-refractivity contribution is 0.103. The van der Waals surface area contributed by atoms with Gasteiger partial charge in [-0.25, -0.2) is 0 Å². The molecule has 2 nitrogen and oxygen atoms in total. The van der Waals surface area contributed by atoms with Crippen molar-refractivity contribution in [2.24, 2.45) is 0 Å². The van der Waals surface area contributed by atoms with Gasteiger partial charge >= 0.3 is 0 Å². The Kier molecular flexibility index (Phi) is 5.05. The summed E-state index contributed by atoms with van der Waals surface area (Å²) >= 11 is 15.0. The number of hydrogen-bond acceptors (Lipinski definition) is 2. The minimum atomic E-state index is -0.138. The lowest BCUT2D eigenvalue weighted by Gasteiger charge is -2.09. The van der Waals surface area contributed by atoms with Gasteiger partial charge in [0.05, 0.1) is 5.69 Å². The molecule has 0 radical (unpaired) electrons. The first-order valence-electron chi connectivity index (χ1n) is 4.68. The normalized spacial score (nSPS) is 10.4. The zero-order valence-corrected chi connectivity index (χ0v) is 15.8. The minimum absolute atomic E-state index is 0.138. The van der Waals surface area contributed by atoms with Crippen molar-refractivity contribution >= 4 is 86.7 Å². The number of amides is 1. The van der Waals surface area contributed by atoms with Crippen LogP contribution in [-0.2, 0) is 0 Å². The predicted molar refractivity (Wildman–Crippen MR) is 89.5 cm³/mol. The Morgan fingerprint density at radius 1 is 1.06 bits per heavy atom. The smallest absolute Gasteiger partial charge is 0.266 e. The molecular weight excluding hydrogens is 514 g/mol. The third-order valence-electron chi connectivity index (χ3n) is 2.07. The first kappa shape index (κ1) is 14.7. The summed E-state index contributed by atoms with van der Waals surface area (Å²) in [6, 6.07) is 5.61. The molecule has 0 aliphatic carbocycles. The van der Waals surface area contributed by atoms with Crippen LogP contribution in [0.3, 0.4) is 0 Å². The van der Waals surface area contributed by atoms with Crippen molar-refractivity contribution in [1.82, 2.24) is 0 Å².